The number of alkyl halides is 3. The maximum atomic E-state index is 12.8. The molecule has 0 saturated carbocycles. The van der Waals surface area contributed by atoms with Gasteiger partial charge in [0.25, 0.3) is 0 Å². The van der Waals surface area contributed by atoms with E-state index in [1.165, 1.54) is 12.1 Å². The molecule has 0 radical (unpaired) electrons. The summed E-state index contributed by atoms with van der Waals surface area (Å²) in [6, 6.07) is 5.25. The zero-order valence-corrected chi connectivity index (χ0v) is 11.7. The molecule has 6 heteroatoms. The van der Waals surface area contributed by atoms with Crippen molar-refractivity contribution in [1.82, 2.24) is 0 Å². The van der Waals surface area contributed by atoms with Gasteiger partial charge in [-0.15, -0.1) is 0 Å². The van der Waals surface area contributed by atoms with Gasteiger partial charge in [-0.05, 0) is 44.4 Å². The minimum Gasteiger partial charge on any atom is -0.390 e. The molecular weight excluding hydrogens is 281 g/mol. The lowest BCUT2D eigenvalue weighted by Crippen LogP contribution is -2.28. The first kappa shape index (κ1) is 15.6. The number of hydrogen-bond acceptors (Lipinski definition) is 3. The van der Waals surface area contributed by atoms with Gasteiger partial charge in [-0.1, -0.05) is 0 Å². The molecule has 3 nitrogen and oxygen atoms in total. The highest BCUT2D eigenvalue weighted by molar-refractivity contribution is 5.55. The molecule has 1 heterocycles. The summed E-state index contributed by atoms with van der Waals surface area (Å²) >= 11 is 0. The monoisotopic (exact) mass is 298 g/mol. The predicted molar refractivity (Wildman–Crippen MR) is 72.8 cm³/mol. The molecule has 1 fully saturated rings. The molecule has 0 aromatic heterocycles. The third-order valence-electron chi connectivity index (χ3n) is 3.86. The van der Waals surface area contributed by atoms with Gasteiger partial charge in [-0.3, -0.25) is 0 Å². The molecule has 21 heavy (non-hydrogen) atoms. The van der Waals surface area contributed by atoms with Crippen molar-refractivity contribution in [3.05, 3.63) is 29.3 Å². The van der Waals surface area contributed by atoms with Gasteiger partial charge in [0.15, 0.2) is 0 Å². The summed E-state index contributed by atoms with van der Waals surface area (Å²) in [5.41, 5.74) is -1.41. The molecule has 1 saturated heterocycles. The first-order chi connectivity index (χ1) is 9.73. The van der Waals surface area contributed by atoms with Crippen LogP contribution in [0.2, 0.25) is 0 Å². The number of nitrogens with zero attached hydrogens (tertiary/aromatic N) is 2. The fourth-order valence-electron chi connectivity index (χ4n) is 2.59. The molecule has 1 N–H and O–H groups in total. The summed E-state index contributed by atoms with van der Waals surface area (Å²) in [5, 5.41) is 19.0. The molecule has 0 bridgehead atoms. The van der Waals surface area contributed by atoms with E-state index < -0.39 is 17.3 Å². The summed E-state index contributed by atoms with van der Waals surface area (Å²) in [7, 11) is 0. The number of hydrogen-bond donors (Lipinski definition) is 1. The summed E-state index contributed by atoms with van der Waals surface area (Å²) < 4.78 is 38.3. The number of aliphatic hydroxyl groups is 1. The quantitative estimate of drug-likeness (QED) is 0.865. The van der Waals surface area contributed by atoms with E-state index in [0.717, 1.165) is 12.5 Å². The fraction of sp³-hybridized carbons (Fsp3) is 0.533. The Hall–Kier alpha value is -1.74. The van der Waals surface area contributed by atoms with Crippen molar-refractivity contribution in [3.8, 4) is 6.07 Å². The maximum Gasteiger partial charge on any atom is 0.417 e. The van der Waals surface area contributed by atoms with Crippen LogP contribution in [0.3, 0.4) is 0 Å². The second kappa shape index (κ2) is 5.57. The van der Waals surface area contributed by atoms with Gasteiger partial charge in [0.1, 0.15) is 0 Å². The standard InChI is InChI=1S/C15H17F3N2O/c1-14(21)5-2-7-20(8-6-14)12-3-4-13(15(16,17)18)11(9-12)10-19/h3-4,9,21H,2,5-8H2,1H3. The fourth-order valence-corrected chi connectivity index (χ4v) is 2.59. The first-order valence-corrected chi connectivity index (χ1v) is 6.82. The normalized spacial score (nSPS) is 23.5. The SMILES string of the molecule is CC1(O)CCCN(c2ccc(C(F)(F)F)c(C#N)c2)CC1. The van der Waals surface area contributed by atoms with Crippen LogP contribution in [0.5, 0.6) is 0 Å². The molecule has 2 rings (SSSR count). The lowest BCUT2D eigenvalue weighted by atomic mass is 9.98. The van der Waals surface area contributed by atoms with Crippen LogP contribution in [0.4, 0.5) is 18.9 Å². The Morgan fingerprint density at radius 1 is 1.29 bits per heavy atom. The summed E-state index contributed by atoms with van der Waals surface area (Å²) in [4.78, 5) is 1.92. The Kier molecular flexibility index (Phi) is 4.15. The summed E-state index contributed by atoms with van der Waals surface area (Å²) in [6.45, 7) is 2.99. The van der Waals surface area contributed by atoms with E-state index in [2.05, 4.69) is 0 Å². The minimum absolute atomic E-state index is 0.365. The third kappa shape index (κ3) is 3.67. The Bertz CT molecular complexity index is 561. The second-order valence-corrected chi connectivity index (χ2v) is 5.68. The minimum atomic E-state index is -4.52. The number of nitriles is 1. The largest absolute Gasteiger partial charge is 0.417 e. The van der Waals surface area contributed by atoms with Gasteiger partial charge in [-0.25, -0.2) is 0 Å². The first-order valence-electron chi connectivity index (χ1n) is 6.82. The van der Waals surface area contributed by atoms with E-state index >= 15 is 0 Å². The second-order valence-electron chi connectivity index (χ2n) is 5.68. The Balaban J connectivity index is 2.28. The topological polar surface area (TPSA) is 47.3 Å². The molecule has 1 aliphatic heterocycles. The van der Waals surface area contributed by atoms with Gasteiger partial charge in [0, 0.05) is 18.8 Å². The van der Waals surface area contributed by atoms with Crippen molar-refractivity contribution in [2.24, 2.45) is 0 Å². The van der Waals surface area contributed by atoms with E-state index in [4.69, 9.17) is 5.26 Å². The molecule has 0 aliphatic carbocycles. The van der Waals surface area contributed by atoms with Crippen LogP contribution in [0.15, 0.2) is 18.2 Å². The molecule has 1 unspecified atom stereocenters. The average molecular weight is 298 g/mol. The molecule has 1 aliphatic rings. The molecule has 0 spiro atoms. The maximum absolute atomic E-state index is 12.8. The lowest BCUT2D eigenvalue weighted by molar-refractivity contribution is -0.137. The van der Waals surface area contributed by atoms with Crippen LogP contribution in [0.1, 0.15) is 37.3 Å². The van der Waals surface area contributed by atoms with Crippen molar-refractivity contribution >= 4 is 5.69 Å². The van der Waals surface area contributed by atoms with Crippen LogP contribution in [-0.4, -0.2) is 23.8 Å². The average Bonchev–Trinajstić information content (AvgIpc) is 2.58. The highest BCUT2D eigenvalue weighted by atomic mass is 19.4. The highest BCUT2D eigenvalue weighted by Gasteiger charge is 2.34. The smallest absolute Gasteiger partial charge is 0.390 e. The Morgan fingerprint density at radius 2 is 2.00 bits per heavy atom. The number of halogens is 3. The number of benzene rings is 1. The zero-order valence-electron chi connectivity index (χ0n) is 11.7. The van der Waals surface area contributed by atoms with Crippen LogP contribution >= 0.6 is 0 Å². The predicted octanol–water partition coefficient (Wildman–Crippen LogP) is 3.32. The third-order valence-corrected chi connectivity index (χ3v) is 3.86. The van der Waals surface area contributed by atoms with Crippen molar-refractivity contribution in [2.45, 2.75) is 38.0 Å². The van der Waals surface area contributed by atoms with E-state index in [-0.39, 0.29) is 5.56 Å². The van der Waals surface area contributed by atoms with Crippen molar-refractivity contribution in [1.29, 1.82) is 5.26 Å². The van der Waals surface area contributed by atoms with E-state index in [1.807, 2.05) is 4.90 Å². The molecule has 1 atom stereocenters. The van der Waals surface area contributed by atoms with Gasteiger partial charge in [-0.2, -0.15) is 18.4 Å². The molecular formula is C15H17F3N2O. The van der Waals surface area contributed by atoms with E-state index in [1.54, 1.807) is 13.0 Å². The van der Waals surface area contributed by atoms with Crippen LogP contribution < -0.4 is 4.90 Å². The molecule has 1 aromatic carbocycles. The van der Waals surface area contributed by atoms with Gasteiger partial charge in [0.05, 0.1) is 22.8 Å². The zero-order chi connectivity index (χ0) is 15.7. The van der Waals surface area contributed by atoms with E-state index in [9.17, 15) is 18.3 Å². The van der Waals surface area contributed by atoms with Crippen molar-refractivity contribution in [3.63, 3.8) is 0 Å². The van der Waals surface area contributed by atoms with Gasteiger partial charge >= 0.3 is 6.18 Å². The van der Waals surface area contributed by atoms with Crippen molar-refractivity contribution < 1.29 is 18.3 Å². The summed E-state index contributed by atoms with van der Waals surface area (Å²) in [5.74, 6) is 0. The molecule has 114 valence electrons. The Morgan fingerprint density at radius 3 is 2.62 bits per heavy atom. The van der Waals surface area contributed by atoms with Crippen LogP contribution in [0.25, 0.3) is 0 Å². The Labute approximate surface area is 121 Å². The molecule has 1 aromatic rings. The van der Waals surface area contributed by atoms with Gasteiger partial charge in [0.2, 0.25) is 0 Å². The summed E-state index contributed by atoms with van der Waals surface area (Å²) in [6.07, 6.45) is -2.55. The highest BCUT2D eigenvalue weighted by Crippen LogP contribution is 2.34. The van der Waals surface area contributed by atoms with E-state index in [0.29, 0.717) is 31.6 Å². The van der Waals surface area contributed by atoms with Crippen LogP contribution in [0, 0.1) is 11.3 Å². The van der Waals surface area contributed by atoms with Gasteiger partial charge < -0.3 is 10.0 Å². The van der Waals surface area contributed by atoms with Crippen molar-refractivity contribution in [2.75, 3.05) is 18.0 Å². The lowest BCUT2D eigenvalue weighted by Gasteiger charge is -2.25. The number of rotatable bonds is 1. The van der Waals surface area contributed by atoms with Crippen LogP contribution in [-0.2, 0) is 6.18 Å². The number of anilines is 1. The molecule has 0 amide bonds.